The minimum atomic E-state index is -3.71. The molecule has 1 N–H and O–H groups in total. The van der Waals surface area contributed by atoms with Gasteiger partial charge in [-0.1, -0.05) is 69.0 Å². The predicted molar refractivity (Wildman–Crippen MR) is 71.6 cm³/mol. The summed E-state index contributed by atoms with van der Waals surface area (Å²) >= 11 is 0. The average Bonchev–Trinajstić information content (AvgIpc) is 2.30. The Morgan fingerprint density at radius 2 is 1.24 bits per heavy atom. The van der Waals surface area contributed by atoms with Crippen molar-refractivity contribution in [3.8, 4) is 0 Å². The summed E-state index contributed by atoms with van der Waals surface area (Å²) in [4.78, 5) is 0. The highest BCUT2D eigenvalue weighted by Gasteiger charge is 2.02. The lowest BCUT2D eigenvalue weighted by Gasteiger charge is -1.96. The van der Waals surface area contributed by atoms with Crippen molar-refractivity contribution in [2.75, 3.05) is 5.75 Å². The van der Waals surface area contributed by atoms with Gasteiger partial charge >= 0.3 is 0 Å². The summed E-state index contributed by atoms with van der Waals surface area (Å²) in [7, 11) is -3.71. The first-order valence-electron chi connectivity index (χ1n) is 6.01. The first-order chi connectivity index (χ1) is 8.06. The van der Waals surface area contributed by atoms with Crippen LogP contribution in [-0.2, 0) is 10.1 Å². The molecule has 0 aliphatic carbocycles. The third-order valence-corrected chi connectivity index (χ3v) is 2.98. The van der Waals surface area contributed by atoms with E-state index >= 15 is 0 Å². The van der Waals surface area contributed by atoms with Crippen LogP contribution < -0.4 is 0 Å². The van der Waals surface area contributed by atoms with Crippen molar-refractivity contribution in [3.05, 3.63) is 36.4 Å². The third kappa shape index (κ3) is 15.1. The minimum Gasteiger partial charge on any atom is -0.286 e. The summed E-state index contributed by atoms with van der Waals surface area (Å²) in [6, 6.07) is 12.0. The molecule has 0 saturated carbocycles. The van der Waals surface area contributed by atoms with Crippen LogP contribution in [-0.4, -0.2) is 18.7 Å². The molecule has 0 atom stereocenters. The predicted octanol–water partition coefficient (Wildman–Crippen LogP) is 3.53. The van der Waals surface area contributed by atoms with E-state index in [2.05, 4.69) is 6.92 Å². The molecule has 0 unspecified atom stereocenters. The minimum absolute atomic E-state index is 0.0866. The first kappa shape index (κ1) is 16.1. The van der Waals surface area contributed by atoms with Crippen molar-refractivity contribution < 1.29 is 13.0 Å². The molecule has 0 aromatic heterocycles. The lowest BCUT2D eigenvalue weighted by Crippen LogP contribution is -2.03. The lowest BCUT2D eigenvalue weighted by atomic mass is 10.2. The topological polar surface area (TPSA) is 54.4 Å². The number of benzene rings is 1. The molecule has 0 bridgehead atoms. The van der Waals surface area contributed by atoms with Crippen LogP contribution in [0.1, 0.15) is 39.0 Å². The van der Waals surface area contributed by atoms with Crippen LogP contribution in [0, 0.1) is 0 Å². The number of hydrogen-bond acceptors (Lipinski definition) is 2. The molecule has 0 radical (unpaired) electrons. The largest absolute Gasteiger partial charge is 0.286 e. The van der Waals surface area contributed by atoms with Crippen LogP contribution >= 0.6 is 0 Å². The van der Waals surface area contributed by atoms with Crippen LogP contribution in [0.5, 0.6) is 0 Å². The molecular formula is C13H22O3S. The molecule has 0 amide bonds. The summed E-state index contributed by atoms with van der Waals surface area (Å²) in [5.41, 5.74) is 0. The standard InChI is InChI=1S/C7H16O3S.C6H6/c1-2-3-4-5-6-7-11(8,9)10;1-2-4-6-5-3-1/h2-7H2,1H3,(H,8,9,10);1-6H. The average molecular weight is 258 g/mol. The fourth-order valence-electron chi connectivity index (χ4n) is 1.27. The van der Waals surface area contributed by atoms with E-state index in [0.29, 0.717) is 6.42 Å². The Labute approximate surface area is 105 Å². The van der Waals surface area contributed by atoms with Crippen LogP contribution in [0.4, 0.5) is 0 Å². The molecule has 0 fully saturated rings. The lowest BCUT2D eigenvalue weighted by molar-refractivity contribution is 0.479. The Bertz CT molecular complexity index is 319. The number of unbranched alkanes of at least 4 members (excludes halogenated alkanes) is 4. The van der Waals surface area contributed by atoms with Gasteiger partial charge in [0.05, 0.1) is 5.75 Å². The van der Waals surface area contributed by atoms with E-state index in [1.165, 1.54) is 0 Å². The molecule has 0 aliphatic heterocycles. The van der Waals surface area contributed by atoms with Crippen LogP contribution in [0.2, 0.25) is 0 Å². The van der Waals surface area contributed by atoms with Gasteiger partial charge in [0.25, 0.3) is 10.1 Å². The van der Waals surface area contributed by atoms with E-state index in [1.807, 2.05) is 36.4 Å². The van der Waals surface area contributed by atoms with Crippen LogP contribution in [0.3, 0.4) is 0 Å². The van der Waals surface area contributed by atoms with Gasteiger partial charge in [0, 0.05) is 0 Å². The fraction of sp³-hybridized carbons (Fsp3) is 0.538. The highest BCUT2D eigenvalue weighted by Crippen LogP contribution is 2.03. The van der Waals surface area contributed by atoms with Crippen molar-refractivity contribution in [1.82, 2.24) is 0 Å². The molecule has 1 rings (SSSR count). The van der Waals surface area contributed by atoms with Gasteiger partial charge in [-0.3, -0.25) is 4.55 Å². The Morgan fingerprint density at radius 1 is 0.824 bits per heavy atom. The Kier molecular flexibility index (Phi) is 9.77. The van der Waals surface area contributed by atoms with Crippen LogP contribution in [0.25, 0.3) is 0 Å². The van der Waals surface area contributed by atoms with Gasteiger partial charge in [0.1, 0.15) is 0 Å². The molecular weight excluding hydrogens is 236 g/mol. The summed E-state index contributed by atoms with van der Waals surface area (Å²) in [6.07, 6.45) is 4.83. The zero-order valence-electron chi connectivity index (χ0n) is 10.4. The maximum Gasteiger partial charge on any atom is 0.264 e. The van der Waals surface area contributed by atoms with E-state index in [-0.39, 0.29) is 5.75 Å². The van der Waals surface area contributed by atoms with Gasteiger partial charge < -0.3 is 0 Å². The van der Waals surface area contributed by atoms with E-state index in [0.717, 1.165) is 25.7 Å². The van der Waals surface area contributed by atoms with E-state index < -0.39 is 10.1 Å². The van der Waals surface area contributed by atoms with Crippen molar-refractivity contribution in [2.24, 2.45) is 0 Å². The highest BCUT2D eigenvalue weighted by atomic mass is 32.2. The van der Waals surface area contributed by atoms with Gasteiger partial charge in [0.2, 0.25) is 0 Å². The Morgan fingerprint density at radius 3 is 1.59 bits per heavy atom. The van der Waals surface area contributed by atoms with Gasteiger partial charge in [-0.2, -0.15) is 8.42 Å². The smallest absolute Gasteiger partial charge is 0.264 e. The molecule has 0 aliphatic rings. The molecule has 4 heteroatoms. The molecule has 0 heterocycles. The van der Waals surface area contributed by atoms with E-state index in [4.69, 9.17) is 4.55 Å². The van der Waals surface area contributed by atoms with Gasteiger partial charge in [-0.15, -0.1) is 0 Å². The van der Waals surface area contributed by atoms with Crippen molar-refractivity contribution in [3.63, 3.8) is 0 Å². The fourth-order valence-corrected chi connectivity index (χ4v) is 1.84. The zero-order valence-corrected chi connectivity index (χ0v) is 11.2. The maximum atomic E-state index is 10.2. The number of rotatable bonds is 6. The summed E-state index contributed by atoms with van der Waals surface area (Å²) in [5, 5.41) is 0. The van der Waals surface area contributed by atoms with E-state index in [1.54, 1.807) is 0 Å². The Balaban J connectivity index is 0.000000354. The van der Waals surface area contributed by atoms with Gasteiger partial charge in [0.15, 0.2) is 0 Å². The molecule has 98 valence electrons. The van der Waals surface area contributed by atoms with E-state index in [9.17, 15) is 8.42 Å². The number of hydrogen-bond donors (Lipinski definition) is 1. The molecule has 17 heavy (non-hydrogen) atoms. The highest BCUT2D eigenvalue weighted by molar-refractivity contribution is 7.85. The van der Waals surface area contributed by atoms with Gasteiger partial charge in [-0.05, 0) is 6.42 Å². The van der Waals surface area contributed by atoms with Crippen molar-refractivity contribution >= 4 is 10.1 Å². The quantitative estimate of drug-likeness (QED) is 0.627. The Hall–Kier alpha value is -0.870. The van der Waals surface area contributed by atoms with Gasteiger partial charge in [-0.25, -0.2) is 0 Å². The second-order valence-electron chi connectivity index (χ2n) is 3.85. The molecule has 1 aromatic carbocycles. The molecule has 0 spiro atoms. The SMILES string of the molecule is CCCCCCCS(=O)(=O)O.c1ccccc1. The second kappa shape index (κ2) is 10.3. The van der Waals surface area contributed by atoms with Crippen molar-refractivity contribution in [2.45, 2.75) is 39.0 Å². The zero-order chi connectivity index (χ0) is 13.0. The second-order valence-corrected chi connectivity index (χ2v) is 5.43. The first-order valence-corrected chi connectivity index (χ1v) is 7.62. The summed E-state index contributed by atoms with van der Waals surface area (Å²) in [5.74, 6) is -0.0866. The molecule has 3 nitrogen and oxygen atoms in total. The van der Waals surface area contributed by atoms with Crippen molar-refractivity contribution in [1.29, 1.82) is 0 Å². The molecule has 0 saturated heterocycles. The summed E-state index contributed by atoms with van der Waals surface area (Å²) in [6.45, 7) is 2.10. The monoisotopic (exact) mass is 258 g/mol. The normalized spacial score (nSPS) is 10.5. The molecule has 1 aromatic rings. The maximum absolute atomic E-state index is 10.2. The van der Waals surface area contributed by atoms with Crippen LogP contribution in [0.15, 0.2) is 36.4 Å². The summed E-state index contributed by atoms with van der Waals surface area (Å²) < 4.78 is 28.8. The third-order valence-electron chi connectivity index (χ3n) is 2.17.